The minimum absolute atomic E-state index is 0.125. The molecule has 2 aliphatic rings. The Labute approximate surface area is 201 Å². The van der Waals surface area contributed by atoms with Gasteiger partial charge in [0.1, 0.15) is 5.75 Å². The smallest absolute Gasteiger partial charge is 0.345 e. The monoisotopic (exact) mass is 495 g/mol. The average molecular weight is 496 g/mol. The number of rotatable bonds is 3. The van der Waals surface area contributed by atoms with Gasteiger partial charge in [-0.1, -0.05) is 82.7 Å². The van der Waals surface area contributed by atoms with Crippen molar-refractivity contribution in [3.8, 4) is 5.75 Å². The quantitative estimate of drug-likeness (QED) is 0.180. The van der Waals surface area contributed by atoms with Gasteiger partial charge < -0.3 is 10.1 Å². The second-order valence-electron chi connectivity index (χ2n) is 8.70. The van der Waals surface area contributed by atoms with Crippen molar-refractivity contribution >= 4 is 38.4 Å². The molecule has 0 spiro atoms. The molecule has 0 fully saturated rings. The molecule has 3 atom stereocenters. The number of carbonyl (C=O) groups excluding carboxylic acids is 1. The van der Waals surface area contributed by atoms with E-state index < -0.39 is 0 Å². The fourth-order valence-corrected chi connectivity index (χ4v) is 5.45. The summed E-state index contributed by atoms with van der Waals surface area (Å²) >= 11 is 3.53. The van der Waals surface area contributed by atoms with Gasteiger partial charge in [0, 0.05) is 10.4 Å². The molecule has 0 aromatic heterocycles. The number of hydrogen-bond donors (Lipinski definition) is 1. The van der Waals surface area contributed by atoms with Crippen molar-refractivity contribution in [2.75, 3.05) is 5.32 Å². The number of ether oxygens (including phenoxy) is 1. The molecule has 1 aliphatic heterocycles. The van der Waals surface area contributed by atoms with E-state index in [0.717, 1.165) is 32.9 Å². The Morgan fingerprint density at radius 3 is 2.58 bits per heavy atom. The highest BCUT2D eigenvalue weighted by Crippen LogP contribution is 2.50. The van der Waals surface area contributed by atoms with Crippen molar-refractivity contribution in [3.05, 3.63) is 118 Å². The van der Waals surface area contributed by atoms with Gasteiger partial charge in [-0.05, 0) is 64.6 Å². The van der Waals surface area contributed by atoms with Crippen LogP contribution >= 0.6 is 15.9 Å². The molecule has 0 saturated heterocycles. The van der Waals surface area contributed by atoms with Crippen LogP contribution in [0.5, 0.6) is 5.75 Å². The predicted octanol–water partition coefficient (Wildman–Crippen LogP) is 7.65. The number of nitrogens with one attached hydrogen (secondary N) is 1. The average Bonchev–Trinajstić information content (AvgIpc) is 3.34. The lowest BCUT2D eigenvalue weighted by Crippen LogP contribution is -2.30. The number of benzene rings is 4. The summed E-state index contributed by atoms with van der Waals surface area (Å²) in [5, 5.41) is 5.88. The van der Waals surface area contributed by atoms with E-state index in [1.165, 1.54) is 5.56 Å². The summed E-state index contributed by atoms with van der Waals surface area (Å²) in [6.07, 6.45) is 5.57. The van der Waals surface area contributed by atoms with Crippen molar-refractivity contribution in [1.82, 2.24) is 0 Å². The van der Waals surface area contributed by atoms with Gasteiger partial charge in [-0.2, -0.15) is 0 Å². The van der Waals surface area contributed by atoms with Crippen LogP contribution in [0, 0.1) is 5.92 Å². The molecule has 4 heteroatoms. The molecule has 1 heterocycles. The first-order valence-corrected chi connectivity index (χ1v) is 12.0. The third-order valence-corrected chi connectivity index (χ3v) is 7.31. The highest BCUT2D eigenvalue weighted by atomic mass is 79.9. The lowest BCUT2D eigenvalue weighted by molar-refractivity contribution is 0.0735. The summed E-state index contributed by atoms with van der Waals surface area (Å²) in [6, 6.07) is 28.3. The van der Waals surface area contributed by atoms with Gasteiger partial charge in [-0.3, -0.25) is 0 Å². The Bertz CT molecular complexity index is 1390. The Hall–Kier alpha value is -3.37. The highest BCUT2D eigenvalue weighted by molar-refractivity contribution is 9.10. The Kier molecular flexibility index (Phi) is 5.03. The van der Waals surface area contributed by atoms with Crippen LogP contribution in [0.3, 0.4) is 0 Å². The lowest BCUT2D eigenvalue weighted by Gasteiger charge is -2.38. The topological polar surface area (TPSA) is 38.3 Å². The van der Waals surface area contributed by atoms with Crippen LogP contribution < -0.4 is 10.1 Å². The molecular formula is C29H22BrNO2. The van der Waals surface area contributed by atoms with E-state index in [-0.39, 0.29) is 17.9 Å². The maximum absolute atomic E-state index is 13.3. The summed E-state index contributed by atoms with van der Waals surface area (Å²) in [7, 11) is 0. The van der Waals surface area contributed by atoms with Gasteiger partial charge in [-0.15, -0.1) is 0 Å². The summed E-state index contributed by atoms with van der Waals surface area (Å²) in [6.45, 7) is 0. The molecule has 4 aromatic rings. The van der Waals surface area contributed by atoms with Crippen molar-refractivity contribution in [2.45, 2.75) is 18.4 Å². The Morgan fingerprint density at radius 1 is 0.909 bits per heavy atom. The molecule has 4 aromatic carbocycles. The summed E-state index contributed by atoms with van der Waals surface area (Å²) in [5.74, 6) is 0.911. The number of para-hydroxylation sites is 1. The molecule has 6 rings (SSSR count). The SMILES string of the molecule is O=C(Oc1ccc2ccccc2c1)c1cccc2c1N[C@H](c1ccc(Br)cc1)[C@H]1CC=C[C@H]21. The second-order valence-corrected chi connectivity index (χ2v) is 9.61. The summed E-state index contributed by atoms with van der Waals surface area (Å²) in [4.78, 5) is 13.3. The number of allylic oxidation sites excluding steroid dienone is 2. The fraction of sp³-hybridized carbons (Fsp3) is 0.138. The van der Waals surface area contributed by atoms with Gasteiger partial charge in [0.2, 0.25) is 0 Å². The van der Waals surface area contributed by atoms with E-state index in [9.17, 15) is 4.79 Å². The normalized spacial score (nSPS) is 20.7. The van der Waals surface area contributed by atoms with E-state index in [4.69, 9.17) is 4.74 Å². The standard InChI is InChI=1S/C29H22BrNO2/c30-21-14-11-19(12-15-21)27-24-8-3-7-23(24)25-9-4-10-26(28(25)31-27)29(32)33-22-16-13-18-5-1-2-6-20(18)17-22/h1-7,9-17,23-24,27,31H,8H2/t23-,24-,27+/m0/s1. The first-order valence-electron chi connectivity index (χ1n) is 11.2. The van der Waals surface area contributed by atoms with Crippen LogP contribution in [-0.2, 0) is 0 Å². The largest absolute Gasteiger partial charge is 0.423 e. The molecule has 0 bridgehead atoms. The molecule has 1 aliphatic carbocycles. The first-order chi connectivity index (χ1) is 16.2. The van der Waals surface area contributed by atoms with Crippen molar-refractivity contribution in [1.29, 1.82) is 0 Å². The van der Waals surface area contributed by atoms with Crippen LogP contribution in [0.25, 0.3) is 10.8 Å². The number of anilines is 1. The van der Waals surface area contributed by atoms with Crippen molar-refractivity contribution in [3.63, 3.8) is 0 Å². The van der Waals surface area contributed by atoms with E-state index in [0.29, 0.717) is 17.2 Å². The summed E-state index contributed by atoms with van der Waals surface area (Å²) < 4.78 is 6.90. The zero-order valence-corrected chi connectivity index (χ0v) is 19.5. The number of esters is 1. The van der Waals surface area contributed by atoms with E-state index in [2.05, 4.69) is 63.7 Å². The number of halogens is 1. The van der Waals surface area contributed by atoms with E-state index >= 15 is 0 Å². The lowest BCUT2D eigenvalue weighted by atomic mass is 9.76. The highest BCUT2D eigenvalue weighted by Gasteiger charge is 2.39. The van der Waals surface area contributed by atoms with Gasteiger partial charge in [0.05, 0.1) is 17.3 Å². The maximum atomic E-state index is 13.3. The Morgan fingerprint density at radius 2 is 1.73 bits per heavy atom. The predicted molar refractivity (Wildman–Crippen MR) is 136 cm³/mol. The number of fused-ring (bicyclic) bond motifs is 4. The van der Waals surface area contributed by atoms with Gasteiger partial charge >= 0.3 is 5.97 Å². The molecule has 1 N–H and O–H groups in total. The van der Waals surface area contributed by atoms with Gasteiger partial charge in [0.25, 0.3) is 0 Å². The minimum Gasteiger partial charge on any atom is -0.423 e. The molecule has 0 radical (unpaired) electrons. The minimum atomic E-state index is -0.343. The van der Waals surface area contributed by atoms with Crippen molar-refractivity contribution < 1.29 is 9.53 Å². The van der Waals surface area contributed by atoms with Crippen LogP contribution in [0.15, 0.2) is 102 Å². The summed E-state index contributed by atoms with van der Waals surface area (Å²) in [5.41, 5.74) is 3.83. The molecule has 3 nitrogen and oxygen atoms in total. The van der Waals surface area contributed by atoms with Crippen LogP contribution in [0.2, 0.25) is 0 Å². The van der Waals surface area contributed by atoms with E-state index in [1.807, 2.05) is 54.6 Å². The third-order valence-electron chi connectivity index (χ3n) is 6.78. The van der Waals surface area contributed by atoms with E-state index in [1.54, 1.807) is 0 Å². The second kappa shape index (κ2) is 8.20. The number of carbonyl (C=O) groups is 1. The third kappa shape index (κ3) is 3.65. The first kappa shape index (κ1) is 20.3. The molecule has 33 heavy (non-hydrogen) atoms. The van der Waals surface area contributed by atoms with Gasteiger partial charge in [0.15, 0.2) is 0 Å². The molecule has 0 unspecified atom stereocenters. The van der Waals surface area contributed by atoms with Crippen molar-refractivity contribution in [2.24, 2.45) is 5.92 Å². The van der Waals surface area contributed by atoms with Gasteiger partial charge in [-0.25, -0.2) is 4.79 Å². The molecular weight excluding hydrogens is 474 g/mol. The Balaban J connectivity index is 1.36. The van der Waals surface area contributed by atoms with Crippen LogP contribution in [0.1, 0.15) is 39.9 Å². The number of hydrogen-bond acceptors (Lipinski definition) is 3. The fourth-order valence-electron chi connectivity index (χ4n) is 5.18. The zero-order valence-electron chi connectivity index (χ0n) is 17.9. The van der Waals surface area contributed by atoms with Crippen LogP contribution in [0.4, 0.5) is 5.69 Å². The molecule has 0 amide bonds. The van der Waals surface area contributed by atoms with Crippen LogP contribution in [-0.4, -0.2) is 5.97 Å². The molecule has 162 valence electrons. The molecule has 0 saturated carbocycles. The zero-order chi connectivity index (χ0) is 22.4. The maximum Gasteiger partial charge on any atom is 0.345 e.